The molecule has 4 N–H and O–H groups in total. The number of carbonyl (C=O) groups excluding carboxylic acids is 4. The minimum Gasteiger partial charge on any atom is -0.404 e. The second-order valence-electron chi connectivity index (χ2n) is 8.27. The second-order valence-corrected chi connectivity index (χ2v) is 8.27. The van der Waals surface area contributed by atoms with Gasteiger partial charge in [0.1, 0.15) is 5.54 Å². The summed E-state index contributed by atoms with van der Waals surface area (Å²) in [6.45, 7) is 2.39. The summed E-state index contributed by atoms with van der Waals surface area (Å²) in [7, 11) is 0. The number of carbonyl (C=O) groups is 4. The molecule has 36 heavy (non-hydrogen) atoms. The molecule has 14 heteroatoms. The van der Waals surface area contributed by atoms with Crippen LogP contribution in [0, 0.1) is 0 Å². The van der Waals surface area contributed by atoms with Crippen molar-refractivity contribution in [3.63, 3.8) is 0 Å². The molecular weight excluding hydrogens is 485 g/mol. The van der Waals surface area contributed by atoms with Gasteiger partial charge in [0.05, 0.1) is 24.5 Å². The molecule has 0 radical (unpaired) electrons. The molecule has 0 atom stereocenters. The standard InChI is InChI=1S/C22H23F3N6O5/c1-21(2)19(34)31(20(35)30(21)12-13-5-7-27-8-6-13)14-3-4-16(36-22(23,24)25)15(9-14)29-18(33)11-28-10-17(26)32/h3-9,28H,10-12H2,1-2H3,(H2,26,32)(H,29,33). The first-order valence-corrected chi connectivity index (χ1v) is 10.5. The van der Waals surface area contributed by atoms with Crippen molar-refractivity contribution in [2.24, 2.45) is 5.73 Å². The van der Waals surface area contributed by atoms with E-state index < -0.39 is 53.6 Å². The minimum atomic E-state index is -5.08. The molecule has 1 aliphatic rings. The Balaban J connectivity index is 1.91. The van der Waals surface area contributed by atoms with Crippen LogP contribution in [0.4, 0.5) is 29.3 Å². The maximum absolute atomic E-state index is 13.3. The van der Waals surface area contributed by atoms with E-state index in [1.54, 1.807) is 26.0 Å². The third-order valence-electron chi connectivity index (χ3n) is 5.22. The number of halogens is 3. The molecule has 0 unspecified atom stereocenters. The first-order chi connectivity index (χ1) is 16.8. The average Bonchev–Trinajstić information content (AvgIpc) is 2.94. The molecule has 1 fully saturated rings. The van der Waals surface area contributed by atoms with Crippen LogP contribution in [0.3, 0.4) is 0 Å². The number of alkyl halides is 3. The Labute approximate surface area is 203 Å². The highest BCUT2D eigenvalue weighted by Gasteiger charge is 2.52. The Hall–Kier alpha value is -4.20. The molecule has 0 spiro atoms. The summed E-state index contributed by atoms with van der Waals surface area (Å²) < 4.78 is 42.7. The van der Waals surface area contributed by atoms with Crippen molar-refractivity contribution in [3.05, 3.63) is 48.3 Å². The van der Waals surface area contributed by atoms with Crippen LogP contribution in [0.25, 0.3) is 0 Å². The number of hydrogen-bond acceptors (Lipinski definition) is 7. The zero-order valence-corrected chi connectivity index (χ0v) is 19.3. The van der Waals surface area contributed by atoms with Gasteiger partial charge in [0.25, 0.3) is 5.91 Å². The van der Waals surface area contributed by atoms with Crippen LogP contribution in [0.15, 0.2) is 42.7 Å². The summed E-state index contributed by atoms with van der Waals surface area (Å²) >= 11 is 0. The summed E-state index contributed by atoms with van der Waals surface area (Å²) in [5, 5.41) is 4.64. The van der Waals surface area contributed by atoms with Crippen molar-refractivity contribution in [2.45, 2.75) is 32.3 Å². The Kier molecular flexibility index (Phi) is 7.48. The maximum Gasteiger partial charge on any atom is 0.573 e. The fraction of sp³-hybridized carbons (Fsp3) is 0.318. The minimum absolute atomic E-state index is 0.0785. The van der Waals surface area contributed by atoms with E-state index in [9.17, 15) is 32.3 Å². The lowest BCUT2D eigenvalue weighted by molar-refractivity contribution is -0.274. The quantitative estimate of drug-likeness (QED) is 0.437. The van der Waals surface area contributed by atoms with E-state index >= 15 is 0 Å². The molecule has 0 saturated carbocycles. The molecule has 0 aliphatic carbocycles. The predicted molar refractivity (Wildman–Crippen MR) is 121 cm³/mol. The number of aromatic nitrogens is 1. The molecule has 1 aromatic heterocycles. The average molecular weight is 508 g/mol. The van der Waals surface area contributed by atoms with Crippen LogP contribution in [-0.2, 0) is 20.9 Å². The number of imide groups is 1. The number of nitrogens with two attached hydrogens (primary N) is 1. The van der Waals surface area contributed by atoms with Gasteiger partial charge in [-0.25, -0.2) is 9.69 Å². The second kappa shape index (κ2) is 10.2. The highest BCUT2D eigenvalue weighted by Crippen LogP contribution is 2.38. The van der Waals surface area contributed by atoms with Crippen molar-refractivity contribution < 1.29 is 37.1 Å². The van der Waals surface area contributed by atoms with E-state index in [4.69, 9.17) is 5.73 Å². The number of anilines is 2. The lowest BCUT2D eigenvalue weighted by Gasteiger charge is -2.27. The van der Waals surface area contributed by atoms with Crippen LogP contribution in [0.5, 0.6) is 5.75 Å². The predicted octanol–water partition coefficient (Wildman–Crippen LogP) is 1.74. The van der Waals surface area contributed by atoms with Gasteiger partial charge in [-0.1, -0.05) is 0 Å². The molecule has 1 aliphatic heterocycles. The summed E-state index contributed by atoms with van der Waals surface area (Å²) in [5.74, 6) is -2.94. The Bertz CT molecular complexity index is 1170. The number of pyridine rings is 1. The summed E-state index contributed by atoms with van der Waals surface area (Å²) in [6.07, 6.45) is -2.00. The first-order valence-electron chi connectivity index (χ1n) is 10.5. The number of urea groups is 1. The highest BCUT2D eigenvalue weighted by atomic mass is 19.4. The lowest BCUT2D eigenvalue weighted by Crippen LogP contribution is -2.43. The monoisotopic (exact) mass is 508 g/mol. The van der Waals surface area contributed by atoms with Gasteiger partial charge in [0, 0.05) is 18.9 Å². The van der Waals surface area contributed by atoms with Gasteiger partial charge in [-0.15, -0.1) is 13.2 Å². The SMILES string of the molecule is CC1(C)C(=O)N(c2ccc(OC(F)(F)F)c(NC(=O)CNCC(N)=O)c2)C(=O)N1Cc1ccncc1. The number of nitrogens with zero attached hydrogens (tertiary/aromatic N) is 3. The van der Waals surface area contributed by atoms with Gasteiger partial charge >= 0.3 is 12.4 Å². The number of amides is 5. The maximum atomic E-state index is 13.3. The van der Waals surface area contributed by atoms with E-state index in [1.165, 1.54) is 17.3 Å². The van der Waals surface area contributed by atoms with Crippen molar-refractivity contribution in [3.8, 4) is 5.75 Å². The third kappa shape index (κ3) is 6.07. The van der Waals surface area contributed by atoms with E-state index in [2.05, 4.69) is 20.4 Å². The lowest BCUT2D eigenvalue weighted by atomic mass is 10.0. The first kappa shape index (κ1) is 26.4. The summed E-state index contributed by atoms with van der Waals surface area (Å²) in [4.78, 5) is 55.5. The molecule has 11 nitrogen and oxygen atoms in total. The molecule has 2 heterocycles. The largest absolute Gasteiger partial charge is 0.573 e. The normalized spacial score (nSPS) is 15.2. The fourth-order valence-corrected chi connectivity index (χ4v) is 3.46. The Morgan fingerprint density at radius 1 is 1.11 bits per heavy atom. The Morgan fingerprint density at radius 3 is 2.39 bits per heavy atom. The zero-order valence-electron chi connectivity index (χ0n) is 19.3. The number of nitrogens with one attached hydrogen (secondary N) is 2. The summed E-state index contributed by atoms with van der Waals surface area (Å²) in [6, 6.07) is 5.67. The van der Waals surface area contributed by atoms with Crippen LogP contribution in [0.2, 0.25) is 0 Å². The zero-order chi connectivity index (χ0) is 26.7. The molecule has 1 aromatic carbocycles. The van der Waals surface area contributed by atoms with E-state index in [0.717, 1.165) is 23.1 Å². The van der Waals surface area contributed by atoms with Gasteiger partial charge in [-0.2, -0.15) is 0 Å². The van der Waals surface area contributed by atoms with Crippen molar-refractivity contribution in [1.29, 1.82) is 0 Å². The van der Waals surface area contributed by atoms with E-state index in [-0.39, 0.29) is 18.8 Å². The molecule has 1 saturated heterocycles. The van der Waals surface area contributed by atoms with E-state index in [0.29, 0.717) is 5.56 Å². The van der Waals surface area contributed by atoms with Gasteiger partial charge < -0.3 is 20.7 Å². The van der Waals surface area contributed by atoms with Crippen molar-refractivity contribution in [1.82, 2.24) is 15.2 Å². The molecule has 192 valence electrons. The number of rotatable bonds is 9. The molecule has 0 bridgehead atoms. The smallest absolute Gasteiger partial charge is 0.404 e. The highest BCUT2D eigenvalue weighted by molar-refractivity contribution is 6.23. The number of benzene rings is 1. The summed E-state index contributed by atoms with van der Waals surface area (Å²) in [5.41, 5.74) is 3.89. The van der Waals surface area contributed by atoms with Gasteiger partial charge in [-0.05, 0) is 49.7 Å². The van der Waals surface area contributed by atoms with Gasteiger partial charge in [0.15, 0.2) is 5.75 Å². The van der Waals surface area contributed by atoms with Crippen LogP contribution < -0.4 is 26.0 Å². The molecule has 3 rings (SSSR count). The van der Waals surface area contributed by atoms with Crippen LogP contribution >= 0.6 is 0 Å². The van der Waals surface area contributed by atoms with Crippen LogP contribution in [-0.4, -0.2) is 58.6 Å². The fourth-order valence-electron chi connectivity index (χ4n) is 3.46. The molecular formula is C22H23F3N6O5. The molecule has 5 amide bonds. The van der Waals surface area contributed by atoms with Crippen LogP contribution in [0.1, 0.15) is 19.4 Å². The number of primary amides is 1. The molecule has 2 aromatic rings. The topological polar surface area (TPSA) is 147 Å². The third-order valence-corrected chi connectivity index (χ3v) is 5.22. The van der Waals surface area contributed by atoms with Gasteiger partial charge in [-0.3, -0.25) is 24.7 Å². The number of hydrogen-bond donors (Lipinski definition) is 3. The van der Waals surface area contributed by atoms with Gasteiger partial charge in [0.2, 0.25) is 11.8 Å². The number of ether oxygens (including phenoxy) is 1. The van der Waals surface area contributed by atoms with Crippen molar-refractivity contribution in [2.75, 3.05) is 23.3 Å². The van der Waals surface area contributed by atoms with E-state index in [1.807, 2.05) is 0 Å². The Morgan fingerprint density at radius 2 is 1.78 bits per heavy atom. The van der Waals surface area contributed by atoms with Crippen molar-refractivity contribution >= 4 is 35.1 Å².